The number of phenols is 1. The van der Waals surface area contributed by atoms with Gasteiger partial charge in [-0.15, -0.1) is 0 Å². The molecule has 0 saturated carbocycles. The minimum absolute atomic E-state index is 0.000463. The lowest BCUT2D eigenvalue weighted by molar-refractivity contribution is 0.0304. The molecule has 0 bridgehead atoms. The largest absolute Gasteiger partial charge is 0.508 e. The molecule has 19 heavy (non-hydrogen) atoms. The molecule has 1 heterocycles. The van der Waals surface area contributed by atoms with Gasteiger partial charge in [0.2, 0.25) is 0 Å². The highest BCUT2D eigenvalue weighted by Crippen LogP contribution is 2.24. The molecule has 4 heteroatoms. The molecule has 1 aliphatic heterocycles. The van der Waals surface area contributed by atoms with Gasteiger partial charge in [0.05, 0.1) is 13.2 Å². The highest BCUT2D eigenvalue weighted by atomic mass is 16.5. The van der Waals surface area contributed by atoms with Crippen LogP contribution in [0, 0.1) is 0 Å². The lowest BCUT2D eigenvalue weighted by Gasteiger charge is -2.27. The summed E-state index contributed by atoms with van der Waals surface area (Å²) in [6, 6.07) is 10.7. The number of fused-ring (bicyclic) bond motifs is 1. The third kappa shape index (κ3) is 2.27. The van der Waals surface area contributed by atoms with Gasteiger partial charge in [-0.2, -0.15) is 0 Å². The van der Waals surface area contributed by atoms with Crippen LogP contribution in [-0.2, 0) is 4.74 Å². The van der Waals surface area contributed by atoms with Crippen molar-refractivity contribution in [3.05, 3.63) is 42.0 Å². The molecular formula is C15H15NO3. The zero-order valence-electron chi connectivity index (χ0n) is 10.5. The van der Waals surface area contributed by atoms with Crippen LogP contribution in [0.15, 0.2) is 36.4 Å². The minimum atomic E-state index is -0.000463. The number of phenolic OH excluding ortho intramolecular Hbond substituents is 1. The molecule has 2 aromatic rings. The first-order valence-electron chi connectivity index (χ1n) is 6.34. The van der Waals surface area contributed by atoms with E-state index in [0.29, 0.717) is 31.9 Å². The van der Waals surface area contributed by atoms with E-state index in [0.717, 1.165) is 10.8 Å². The van der Waals surface area contributed by atoms with Crippen molar-refractivity contribution in [2.24, 2.45) is 0 Å². The maximum Gasteiger partial charge on any atom is 0.254 e. The van der Waals surface area contributed by atoms with E-state index in [1.54, 1.807) is 23.1 Å². The topological polar surface area (TPSA) is 49.8 Å². The van der Waals surface area contributed by atoms with Gasteiger partial charge in [0.1, 0.15) is 5.75 Å². The Bertz CT molecular complexity index is 618. The fourth-order valence-electron chi connectivity index (χ4n) is 2.38. The second-order valence-electron chi connectivity index (χ2n) is 4.62. The van der Waals surface area contributed by atoms with E-state index in [-0.39, 0.29) is 11.7 Å². The maximum absolute atomic E-state index is 12.5. The summed E-state index contributed by atoms with van der Waals surface area (Å²) in [4.78, 5) is 14.3. The molecular weight excluding hydrogens is 242 g/mol. The van der Waals surface area contributed by atoms with Gasteiger partial charge in [-0.05, 0) is 29.0 Å². The fourth-order valence-corrected chi connectivity index (χ4v) is 2.38. The molecule has 1 fully saturated rings. The van der Waals surface area contributed by atoms with E-state index in [2.05, 4.69) is 0 Å². The first kappa shape index (κ1) is 12.0. The summed E-state index contributed by atoms with van der Waals surface area (Å²) in [5.41, 5.74) is 0.635. The number of ether oxygens (including phenoxy) is 1. The minimum Gasteiger partial charge on any atom is -0.508 e. The van der Waals surface area contributed by atoms with Crippen molar-refractivity contribution in [2.75, 3.05) is 26.3 Å². The molecule has 2 aromatic carbocycles. The Morgan fingerprint density at radius 2 is 1.95 bits per heavy atom. The average Bonchev–Trinajstić information content (AvgIpc) is 2.47. The second-order valence-corrected chi connectivity index (χ2v) is 4.62. The Labute approximate surface area is 111 Å². The SMILES string of the molecule is O=C(c1cccc2ccc(O)cc12)N1CCOCC1. The Morgan fingerprint density at radius 1 is 1.16 bits per heavy atom. The van der Waals surface area contributed by atoms with Crippen LogP contribution in [0.1, 0.15) is 10.4 Å². The molecule has 1 saturated heterocycles. The van der Waals surface area contributed by atoms with Crippen molar-refractivity contribution in [2.45, 2.75) is 0 Å². The maximum atomic E-state index is 12.5. The van der Waals surface area contributed by atoms with Crippen molar-refractivity contribution >= 4 is 16.7 Å². The molecule has 0 unspecified atom stereocenters. The number of hydrogen-bond donors (Lipinski definition) is 1. The molecule has 98 valence electrons. The molecule has 3 rings (SSSR count). The molecule has 0 aromatic heterocycles. The highest BCUT2D eigenvalue weighted by molar-refractivity contribution is 6.07. The van der Waals surface area contributed by atoms with Crippen LogP contribution < -0.4 is 0 Å². The fraction of sp³-hybridized carbons (Fsp3) is 0.267. The average molecular weight is 257 g/mol. The van der Waals surface area contributed by atoms with Crippen molar-refractivity contribution < 1.29 is 14.6 Å². The van der Waals surface area contributed by atoms with Crippen LogP contribution in [0.5, 0.6) is 5.75 Å². The van der Waals surface area contributed by atoms with Crippen LogP contribution in [0.2, 0.25) is 0 Å². The van der Waals surface area contributed by atoms with Crippen molar-refractivity contribution in [1.29, 1.82) is 0 Å². The molecule has 4 nitrogen and oxygen atoms in total. The molecule has 0 aliphatic carbocycles. The van der Waals surface area contributed by atoms with E-state index >= 15 is 0 Å². The highest BCUT2D eigenvalue weighted by Gasteiger charge is 2.20. The summed E-state index contributed by atoms with van der Waals surface area (Å²) in [6.45, 7) is 2.41. The summed E-state index contributed by atoms with van der Waals surface area (Å²) in [7, 11) is 0. The first-order valence-corrected chi connectivity index (χ1v) is 6.34. The summed E-state index contributed by atoms with van der Waals surface area (Å²) in [5.74, 6) is 0.175. The van der Waals surface area contributed by atoms with Gasteiger partial charge in [-0.25, -0.2) is 0 Å². The standard InChI is InChI=1S/C15H15NO3/c17-12-5-4-11-2-1-3-13(14(11)10-12)15(18)16-6-8-19-9-7-16/h1-5,10,17H,6-9H2. The van der Waals surface area contributed by atoms with Gasteiger partial charge in [-0.1, -0.05) is 18.2 Å². The molecule has 0 atom stereocenters. The number of aromatic hydroxyl groups is 1. The number of carbonyl (C=O) groups is 1. The number of morpholine rings is 1. The van der Waals surface area contributed by atoms with Crippen molar-refractivity contribution in [1.82, 2.24) is 4.90 Å². The lowest BCUT2D eigenvalue weighted by Crippen LogP contribution is -2.40. The Hall–Kier alpha value is -2.07. The zero-order valence-corrected chi connectivity index (χ0v) is 10.5. The van der Waals surface area contributed by atoms with Gasteiger partial charge in [0, 0.05) is 18.7 Å². The van der Waals surface area contributed by atoms with E-state index in [1.165, 1.54) is 0 Å². The Morgan fingerprint density at radius 3 is 2.74 bits per heavy atom. The number of hydrogen-bond acceptors (Lipinski definition) is 3. The van der Waals surface area contributed by atoms with Gasteiger partial charge >= 0.3 is 0 Å². The first-order chi connectivity index (χ1) is 9.25. The smallest absolute Gasteiger partial charge is 0.254 e. The van der Waals surface area contributed by atoms with Gasteiger partial charge in [0.15, 0.2) is 0 Å². The van der Waals surface area contributed by atoms with E-state index < -0.39 is 0 Å². The van der Waals surface area contributed by atoms with Gasteiger partial charge in [0.25, 0.3) is 5.91 Å². The third-order valence-electron chi connectivity index (χ3n) is 3.39. The predicted octanol–water partition coefficient (Wildman–Crippen LogP) is 2.02. The quantitative estimate of drug-likeness (QED) is 0.850. The number of benzene rings is 2. The third-order valence-corrected chi connectivity index (χ3v) is 3.39. The summed E-state index contributed by atoms with van der Waals surface area (Å²) in [5, 5.41) is 11.3. The molecule has 0 spiro atoms. The summed E-state index contributed by atoms with van der Waals surface area (Å²) < 4.78 is 5.26. The van der Waals surface area contributed by atoms with Crippen LogP contribution in [-0.4, -0.2) is 42.2 Å². The van der Waals surface area contributed by atoms with E-state index in [9.17, 15) is 9.90 Å². The number of rotatable bonds is 1. The van der Waals surface area contributed by atoms with Crippen LogP contribution in [0.4, 0.5) is 0 Å². The van der Waals surface area contributed by atoms with Crippen LogP contribution in [0.3, 0.4) is 0 Å². The van der Waals surface area contributed by atoms with Gasteiger partial charge < -0.3 is 14.7 Å². The lowest BCUT2D eigenvalue weighted by atomic mass is 10.0. The predicted molar refractivity (Wildman–Crippen MR) is 72.3 cm³/mol. The normalized spacial score (nSPS) is 15.7. The molecule has 1 aliphatic rings. The van der Waals surface area contributed by atoms with Gasteiger partial charge in [-0.3, -0.25) is 4.79 Å². The molecule has 0 radical (unpaired) electrons. The number of nitrogens with zero attached hydrogens (tertiary/aromatic N) is 1. The van der Waals surface area contributed by atoms with Crippen LogP contribution >= 0.6 is 0 Å². The molecule has 1 amide bonds. The second kappa shape index (κ2) is 4.90. The van der Waals surface area contributed by atoms with E-state index in [4.69, 9.17) is 4.74 Å². The van der Waals surface area contributed by atoms with Crippen LogP contribution in [0.25, 0.3) is 10.8 Å². The van der Waals surface area contributed by atoms with E-state index in [1.807, 2.05) is 18.2 Å². The monoisotopic (exact) mass is 257 g/mol. The van der Waals surface area contributed by atoms with Crippen molar-refractivity contribution in [3.8, 4) is 5.75 Å². The zero-order chi connectivity index (χ0) is 13.2. The number of carbonyl (C=O) groups excluding carboxylic acids is 1. The summed E-state index contributed by atoms with van der Waals surface area (Å²) >= 11 is 0. The molecule has 1 N–H and O–H groups in total. The Kier molecular flexibility index (Phi) is 3.09. The Balaban J connectivity index is 2.03. The number of amides is 1. The van der Waals surface area contributed by atoms with Crippen molar-refractivity contribution in [3.63, 3.8) is 0 Å². The summed E-state index contributed by atoms with van der Waals surface area (Å²) in [6.07, 6.45) is 0.